The van der Waals surface area contributed by atoms with Gasteiger partial charge in [-0.2, -0.15) is 0 Å². The Bertz CT molecular complexity index is 636. The normalized spacial score (nSPS) is 11.5. The number of nitrogens with one attached hydrogen (secondary N) is 2. The zero-order valence-corrected chi connectivity index (χ0v) is 12.8. The highest BCUT2D eigenvalue weighted by Crippen LogP contribution is 2.10. The monoisotopic (exact) mass is 296 g/mol. The van der Waals surface area contributed by atoms with Gasteiger partial charge in [-0.25, -0.2) is 0 Å². The van der Waals surface area contributed by atoms with Crippen LogP contribution in [-0.4, -0.2) is 18.4 Å². The topological polar surface area (TPSA) is 58.2 Å². The van der Waals surface area contributed by atoms with Gasteiger partial charge in [-0.15, -0.1) is 0 Å². The molecule has 0 aliphatic heterocycles. The van der Waals surface area contributed by atoms with Gasteiger partial charge in [0.1, 0.15) is 0 Å². The van der Waals surface area contributed by atoms with E-state index in [1.807, 2.05) is 56.3 Å². The summed E-state index contributed by atoms with van der Waals surface area (Å²) in [7, 11) is 0. The fourth-order valence-electron chi connectivity index (χ4n) is 2.09. The van der Waals surface area contributed by atoms with E-state index in [2.05, 4.69) is 10.6 Å². The SMILES string of the molecule is Cc1ccc(C(=O)NCC(=O)N[C@@H](C)c2ccccc2)cc1. The van der Waals surface area contributed by atoms with E-state index in [0.717, 1.165) is 11.1 Å². The first-order valence-corrected chi connectivity index (χ1v) is 7.25. The molecule has 0 radical (unpaired) electrons. The number of amides is 2. The first-order chi connectivity index (χ1) is 10.6. The number of benzene rings is 2. The molecule has 22 heavy (non-hydrogen) atoms. The Hall–Kier alpha value is -2.62. The maximum Gasteiger partial charge on any atom is 0.251 e. The second-order valence-electron chi connectivity index (χ2n) is 5.25. The summed E-state index contributed by atoms with van der Waals surface area (Å²) < 4.78 is 0. The van der Waals surface area contributed by atoms with Gasteiger partial charge in [0.15, 0.2) is 0 Å². The van der Waals surface area contributed by atoms with E-state index in [0.29, 0.717) is 5.56 Å². The molecular weight excluding hydrogens is 276 g/mol. The smallest absolute Gasteiger partial charge is 0.251 e. The summed E-state index contributed by atoms with van der Waals surface area (Å²) in [6, 6.07) is 16.8. The van der Waals surface area contributed by atoms with E-state index in [9.17, 15) is 9.59 Å². The second-order valence-corrected chi connectivity index (χ2v) is 5.25. The van der Waals surface area contributed by atoms with E-state index in [-0.39, 0.29) is 24.4 Å². The lowest BCUT2D eigenvalue weighted by atomic mass is 10.1. The average Bonchev–Trinajstić information content (AvgIpc) is 2.54. The van der Waals surface area contributed by atoms with E-state index in [4.69, 9.17) is 0 Å². The fraction of sp³-hybridized carbons (Fsp3) is 0.222. The minimum absolute atomic E-state index is 0.0378. The number of hydrogen-bond acceptors (Lipinski definition) is 2. The van der Waals surface area contributed by atoms with Crippen LogP contribution in [0.5, 0.6) is 0 Å². The van der Waals surface area contributed by atoms with Crippen LogP contribution in [0.4, 0.5) is 0 Å². The van der Waals surface area contributed by atoms with Gasteiger partial charge in [-0.1, -0.05) is 48.0 Å². The Morgan fingerprint density at radius 1 is 1.00 bits per heavy atom. The molecule has 2 aromatic carbocycles. The van der Waals surface area contributed by atoms with Gasteiger partial charge < -0.3 is 10.6 Å². The van der Waals surface area contributed by atoms with Crippen LogP contribution >= 0.6 is 0 Å². The van der Waals surface area contributed by atoms with Crippen LogP contribution in [0, 0.1) is 6.92 Å². The molecule has 0 saturated heterocycles. The lowest BCUT2D eigenvalue weighted by molar-refractivity contribution is -0.120. The van der Waals surface area contributed by atoms with Gasteiger partial charge in [0.25, 0.3) is 5.91 Å². The molecule has 0 unspecified atom stereocenters. The summed E-state index contributed by atoms with van der Waals surface area (Å²) in [5, 5.41) is 5.48. The third kappa shape index (κ3) is 4.45. The van der Waals surface area contributed by atoms with E-state index >= 15 is 0 Å². The number of aryl methyl sites for hydroxylation is 1. The zero-order chi connectivity index (χ0) is 15.9. The minimum atomic E-state index is -0.248. The van der Waals surface area contributed by atoms with Crippen molar-refractivity contribution in [2.45, 2.75) is 19.9 Å². The van der Waals surface area contributed by atoms with Gasteiger partial charge >= 0.3 is 0 Å². The molecule has 4 nitrogen and oxygen atoms in total. The largest absolute Gasteiger partial charge is 0.348 e. The van der Waals surface area contributed by atoms with Crippen LogP contribution in [0.15, 0.2) is 54.6 Å². The quantitative estimate of drug-likeness (QED) is 0.891. The molecule has 2 N–H and O–H groups in total. The highest BCUT2D eigenvalue weighted by Gasteiger charge is 2.11. The van der Waals surface area contributed by atoms with Crippen molar-refractivity contribution in [3.8, 4) is 0 Å². The number of hydrogen-bond donors (Lipinski definition) is 2. The Labute approximate surface area is 130 Å². The lowest BCUT2D eigenvalue weighted by Crippen LogP contribution is -2.38. The van der Waals surface area contributed by atoms with Crippen molar-refractivity contribution >= 4 is 11.8 Å². The van der Waals surface area contributed by atoms with Crippen molar-refractivity contribution in [1.29, 1.82) is 0 Å². The molecule has 2 amide bonds. The van der Waals surface area contributed by atoms with Gasteiger partial charge in [0.2, 0.25) is 5.91 Å². The van der Waals surface area contributed by atoms with Crippen LogP contribution in [0.2, 0.25) is 0 Å². The van der Waals surface area contributed by atoms with Crippen LogP contribution < -0.4 is 10.6 Å². The molecule has 4 heteroatoms. The molecule has 2 rings (SSSR count). The molecule has 0 heterocycles. The Kier molecular flexibility index (Phi) is 5.31. The molecule has 1 atom stereocenters. The summed E-state index contributed by atoms with van der Waals surface area (Å²) >= 11 is 0. The number of rotatable bonds is 5. The van der Waals surface area contributed by atoms with Crippen molar-refractivity contribution in [2.24, 2.45) is 0 Å². The van der Waals surface area contributed by atoms with Crippen LogP contribution in [0.25, 0.3) is 0 Å². The summed E-state index contributed by atoms with van der Waals surface area (Å²) in [5.74, 6) is -0.459. The molecule has 114 valence electrons. The second kappa shape index (κ2) is 7.41. The summed E-state index contributed by atoms with van der Waals surface area (Å²) in [5.41, 5.74) is 2.67. The minimum Gasteiger partial charge on any atom is -0.348 e. The molecular formula is C18H20N2O2. The van der Waals surface area contributed by atoms with Gasteiger partial charge in [0.05, 0.1) is 12.6 Å². The molecule has 2 aromatic rings. The molecule has 0 fully saturated rings. The predicted molar refractivity (Wildman–Crippen MR) is 86.5 cm³/mol. The lowest BCUT2D eigenvalue weighted by Gasteiger charge is -2.14. The van der Waals surface area contributed by atoms with E-state index in [1.54, 1.807) is 12.1 Å². The van der Waals surface area contributed by atoms with Crippen molar-refractivity contribution < 1.29 is 9.59 Å². The summed E-state index contributed by atoms with van der Waals surface area (Å²) in [4.78, 5) is 23.8. The molecule has 0 saturated carbocycles. The standard InChI is InChI=1S/C18H20N2O2/c1-13-8-10-16(11-9-13)18(22)19-12-17(21)20-14(2)15-6-4-3-5-7-15/h3-11,14H,12H2,1-2H3,(H,19,22)(H,20,21)/t14-/m0/s1. The number of carbonyl (C=O) groups is 2. The third-order valence-electron chi connectivity index (χ3n) is 3.40. The predicted octanol–water partition coefficient (Wildman–Crippen LogP) is 2.60. The zero-order valence-electron chi connectivity index (χ0n) is 12.8. The molecule has 0 aliphatic rings. The Balaban J connectivity index is 1.82. The summed E-state index contributed by atoms with van der Waals surface area (Å²) in [6.07, 6.45) is 0. The average molecular weight is 296 g/mol. The van der Waals surface area contributed by atoms with Crippen LogP contribution in [0.1, 0.15) is 34.5 Å². The first-order valence-electron chi connectivity index (χ1n) is 7.25. The molecule has 0 aromatic heterocycles. The number of carbonyl (C=O) groups excluding carboxylic acids is 2. The molecule has 0 spiro atoms. The fourth-order valence-corrected chi connectivity index (χ4v) is 2.09. The van der Waals surface area contributed by atoms with Gasteiger partial charge in [-0.05, 0) is 31.5 Å². The van der Waals surface area contributed by atoms with Gasteiger partial charge in [0, 0.05) is 5.56 Å². The first kappa shape index (κ1) is 15.8. The third-order valence-corrected chi connectivity index (χ3v) is 3.40. The maximum atomic E-state index is 11.9. The Morgan fingerprint density at radius 2 is 1.64 bits per heavy atom. The van der Waals surface area contributed by atoms with Crippen LogP contribution in [-0.2, 0) is 4.79 Å². The molecule has 0 bridgehead atoms. The van der Waals surface area contributed by atoms with Crippen LogP contribution in [0.3, 0.4) is 0 Å². The van der Waals surface area contributed by atoms with Crippen molar-refractivity contribution in [3.05, 3.63) is 71.3 Å². The molecule has 0 aliphatic carbocycles. The van der Waals surface area contributed by atoms with Gasteiger partial charge in [-0.3, -0.25) is 9.59 Å². The van der Waals surface area contributed by atoms with Crippen molar-refractivity contribution in [3.63, 3.8) is 0 Å². The van der Waals surface area contributed by atoms with Crippen molar-refractivity contribution in [1.82, 2.24) is 10.6 Å². The van der Waals surface area contributed by atoms with Crippen molar-refractivity contribution in [2.75, 3.05) is 6.54 Å². The highest BCUT2D eigenvalue weighted by atomic mass is 16.2. The maximum absolute atomic E-state index is 11.9. The van der Waals surface area contributed by atoms with E-state index < -0.39 is 0 Å². The highest BCUT2D eigenvalue weighted by molar-refractivity contribution is 5.96. The Morgan fingerprint density at radius 3 is 2.27 bits per heavy atom. The van der Waals surface area contributed by atoms with E-state index in [1.165, 1.54) is 0 Å². The summed E-state index contributed by atoms with van der Waals surface area (Å²) in [6.45, 7) is 3.83.